The summed E-state index contributed by atoms with van der Waals surface area (Å²) in [5.41, 5.74) is 1.03. The van der Waals surface area contributed by atoms with E-state index in [0.29, 0.717) is 12.3 Å². The molecule has 0 saturated heterocycles. The molecule has 0 spiro atoms. The third-order valence-electron chi connectivity index (χ3n) is 5.30. The zero-order chi connectivity index (χ0) is 21.3. The van der Waals surface area contributed by atoms with Crippen molar-refractivity contribution in [3.8, 4) is 11.5 Å². The van der Waals surface area contributed by atoms with E-state index in [9.17, 15) is 14.7 Å². The molecule has 0 fully saturated rings. The number of carbonyl (C=O) groups excluding carboxylic acids is 1. The van der Waals surface area contributed by atoms with Crippen molar-refractivity contribution in [1.29, 1.82) is 0 Å². The quantitative estimate of drug-likeness (QED) is 0.624. The summed E-state index contributed by atoms with van der Waals surface area (Å²) in [6, 6.07) is 16.6. The summed E-state index contributed by atoms with van der Waals surface area (Å²) in [5, 5.41) is 23.6. The third kappa shape index (κ3) is 3.42. The van der Waals surface area contributed by atoms with Crippen molar-refractivity contribution in [3.63, 3.8) is 0 Å². The molecule has 3 aromatic rings. The van der Waals surface area contributed by atoms with Gasteiger partial charge in [0.25, 0.3) is 5.91 Å². The second kappa shape index (κ2) is 8.00. The van der Waals surface area contributed by atoms with Crippen LogP contribution >= 0.6 is 0 Å². The first-order valence-electron chi connectivity index (χ1n) is 9.46. The van der Waals surface area contributed by atoms with Crippen LogP contribution in [0.4, 0.5) is 0 Å². The van der Waals surface area contributed by atoms with Gasteiger partial charge in [-0.15, -0.1) is 0 Å². The largest absolute Gasteiger partial charge is 0.502 e. The van der Waals surface area contributed by atoms with Gasteiger partial charge in [0.2, 0.25) is 5.43 Å². The highest BCUT2D eigenvalue weighted by atomic mass is 16.6. The summed E-state index contributed by atoms with van der Waals surface area (Å²) in [6.45, 7) is -0.120. The Hall–Kier alpha value is -3.65. The number of aliphatic hydroxyl groups is 1. The van der Waals surface area contributed by atoms with Gasteiger partial charge in [-0.1, -0.05) is 42.5 Å². The average molecular weight is 407 g/mol. The highest BCUT2D eigenvalue weighted by molar-refractivity contribution is 5.95. The van der Waals surface area contributed by atoms with Gasteiger partial charge >= 0.3 is 0 Å². The smallest absolute Gasteiger partial charge is 0.275 e. The number of ether oxygens (including phenoxy) is 1. The van der Waals surface area contributed by atoms with Crippen molar-refractivity contribution in [3.05, 3.63) is 87.8 Å². The molecule has 1 aliphatic rings. The minimum Gasteiger partial charge on any atom is -0.502 e. The Balaban J connectivity index is 1.92. The fourth-order valence-corrected chi connectivity index (χ4v) is 3.95. The molecule has 154 valence electrons. The molecular formula is C22H21N3O5. The molecule has 4 rings (SSSR count). The highest BCUT2D eigenvalue weighted by Gasteiger charge is 2.38. The Labute approximate surface area is 172 Å². The number of nitrogens with zero attached hydrogens (tertiary/aromatic N) is 3. The Kier molecular flexibility index (Phi) is 5.24. The SMILES string of the molecule is CN1CC(C(c2ccccc2)c2cccc(OCO)c2)n2ncc(=O)c(O)c2C1=O. The predicted octanol–water partition coefficient (Wildman–Crippen LogP) is 1.74. The average Bonchev–Trinajstić information content (AvgIpc) is 2.75. The van der Waals surface area contributed by atoms with Crippen LogP contribution in [0, 0.1) is 0 Å². The van der Waals surface area contributed by atoms with Crippen LogP contribution in [-0.4, -0.2) is 51.2 Å². The fourth-order valence-electron chi connectivity index (χ4n) is 3.95. The molecular weight excluding hydrogens is 386 g/mol. The van der Waals surface area contributed by atoms with E-state index in [4.69, 9.17) is 9.84 Å². The summed E-state index contributed by atoms with van der Waals surface area (Å²) in [7, 11) is 1.63. The van der Waals surface area contributed by atoms with E-state index >= 15 is 0 Å². The van der Waals surface area contributed by atoms with Crippen LogP contribution in [0.15, 0.2) is 65.6 Å². The van der Waals surface area contributed by atoms with E-state index in [-0.39, 0.29) is 17.7 Å². The zero-order valence-corrected chi connectivity index (χ0v) is 16.3. The fraction of sp³-hybridized carbons (Fsp3) is 0.227. The number of amides is 1. The Morgan fingerprint density at radius 3 is 2.60 bits per heavy atom. The van der Waals surface area contributed by atoms with Gasteiger partial charge in [0.1, 0.15) is 5.75 Å². The molecule has 8 heteroatoms. The van der Waals surface area contributed by atoms with E-state index in [1.54, 1.807) is 13.1 Å². The number of aromatic nitrogens is 2. The lowest BCUT2D eigenvalue weighted by molar-refractivity contribution is 0.0685. The van der Waals surface area contributed by atoms with Gasteiger partial charge in [-0.3, -0.25) is 14.3 Å². The Morgan fingerprint density at radius 2 is 1.87 bits per heavy atom. The van der Waals surface area contributed by atoms with Gasteiger partial charge in [0, 0.05) is 19.5 Å². The summed E-state index contributed by atoms with van der Waals surface area (Å²) in [6.07, 6.45) is 1.03. The maximum atomic E-state index is 12.7. The molecule has 0 bridgehead atoms. The van der Waals surface area contributed by atoms with Crippen LogP contribution in [0.5, 0.6) is 11.5 Å². The van der Waals surface area contributed by atoms with Crippen LogP contribution in [0.3, 0.4) is 0 Å². The van der Waals surface area contributed by atoms with Gasteiger partial charge in [0.15, 0.2) is 18.2 Å². The lowest BCUT2D eigenvalue weighted by Crippen LogP contribution is -2.45. The summed E-state index contributed by atoms with van der Waals surface area (Å²) in [4.78, 5) is 26.1. The Morgan fingerprint density at radius 1 is 1.13 bits per heavy atom. The molecule has 2 N–H and O–H groups in total. The molecule has 1 amide bonds. The van der Waals surface area contributed by atoms with Gasteiger partial charge in [-0.2, -0.15) is 5.10 Å². The minimum absolute atomic E-state index is 0.120. The minimum atomic E-state index is -0.696. The normalized spacial score (nSPS) is 16.8. The highest BCUT2D eigenvalue weighted by Crippen LogP contribution is 2.39. The van der Waals surface area contributed by atoms with Crippen molar-refractivity contribution in [2.45, 2.75) is 12.0 Å². The van der Waals surface area contributed by atoms with Crippen molar-refractivity contribution < 1.29 is 19.7 Å². The van der Waals surface area contributed by atoms with Crippen molar-refractivity contribution in [2.24, 2.45) is 0 Å². The predicted molar refractivity (Wildman–Crippen MR) is 109 cm³/mol. The van der Waals surface area contributed by atoms with Crippen LogP contribution in [-0.2, 0) is 0 Å². The van der Waals surface area contributed by atoms with Gasteiger partial charge in [0.05, 0.1) is 12.2 Å². The number of hydrogen-bond donors (Lipinski definition) is 2. The molecule has 2 atom stereocenters. The summed E-state index contributed by atoms with van der Waals surface area (Å²) in [5.74, 6) is -0.821. The monoisotopic (exact) mass is 407 g/mol. The standard InChI is InChI=1S/C22H21N3O5/c1-24-12-17(25-20(22(24)29)21(28)18(27)11-23-25)19(14-6-3-2-4-7-14)15-8-5-9-16(10-15)30-13-26/h2-11,17,19,26,28H,12-13H2,1H3. The molecule has 30 heavy (non-hydrogen) atoms. The molecule has 2 heterocycles. The molecule has 2 unspecified atom stereocenters. The van der Waals surface area contributed by atoms with Gasteiger partial charge < -0.3 is 19.8 Å². The topological polar surface area (TPSA) is 105 Å². The zero-order valence-electron chi connectivity index (χ0n) is 16.3. The van der Waals surface area contributed by atoms with E-state index in [0.717, 1.165) is 17.3 Å². The van der Waals surface area contributed by atoms with E-state index < -0.39 is 23.9 Å². The van der Waals surface area contributed by atoms with E-state index in [1.165, 1.54) is 9.58 Å². The number of aliphatic hydroxyl groups excluding tert-OH is 1. The summed E-state index contributed by atoms with van der Waals surface area (Å²) < 4.78 is 6.69. The maximum absolute atomic E-state index is 12.7. The number of benzene rings is 2. The molecule has 0 radical (unpaired) electrons. The van der Waals surface area contributed by atoms with Crippen molar-refractivity contribution in [1.82, 2.24) is 14.7 Å². The number of rotatable bonds is 5. The second-order valence-electron chi connectivity index (χ2n) is 7.14. The molecule has 1 aliphatic heterocycles. The maximum Gasteiger partial charge on any atom is 0.275 e. The molecule has 1 aromatic heterocycles. The van der Waals surface area contributed by atoms with E-state index in [1.807, 2.05) is 48.5 Å². The van der Waals surface area contributed by atoms with Crippen molar-refractivity contribution in [2.75, 3.05) is 20.4 Å². The van der Waals surface area contributed by atoms with Crippen LogP contribution in [0.1, 0.15) is 33.6 Å². The molecule has 0 saturated carbocycles. The lowest BCUT2D eigenvalue weighted by Gasteiger charge is -2.37. The first-order valence-corrected chi connectivity index (χ1v) is 9.46. The van der Waals surface area contributed by atoms with Crippen LogP contribution in [0.2, 0.25) is 0 Å². The van der Waals surface area contributed by atoms with Crippen LogP contribution in [0.25, 0.3) is 0 Å². The first kappa shape index (κ1) is 19.7. The molecule has 0 aliphatic carbocycles. The number of likely N-dealkylation sites (N-methyl/N-ethyl adjacent to an activating group) is 1. The number of aromatic hydroxyl groups is 1. The first-order chi connectivity index (χ1) is 14.5. The number of carbonyl (C=O) groups is 1. The number of hydrogen-bond acceptors (Lipinski definition) is 6. The third-order valence-corrected chi connectivity index (χ3v) is 5.30. The van der Waals surface area contributed by atoms with Gasteiger partial charge in [-0.05, 0) is 23.3 Å². The molecule has 2 aromatic carbocycles. The number of fused-ring (bicyclic) bond motifs is 1. The van der Waals surface area contributed by atoms with Gasteiger partial charge in [-0.25, -0.2) is 0 Å². The second-order valence-corrected chi connectivity index (χ2v) is 7.14. The Bertz CT molecular complexity index is 1130. The van der Waals surface area contributed by atoms with Crippen molar-refractivity contribution >= 4 is 5.91 Å². The van der Waals surface area contributed by atoms with Crippen LogP contribution < -0.4 is 10.2 Å². The molecule has 8 nitrogen and oxygen atoms in total. The summed E-state index contributed by atoms with van der Waals surface area (Å²) >= 11 is 0. The van der Waals surface area contributed by atoms with E-state index in [2.05, 4.69) is 5.10 Å². The lowest BCUT2D eigenvalue weighted by atomic mass is 9.83.